The lowest BCUT2D eigenvalue weighted by Gasteiger charge is -2.36. The number of carbonyl (C=O) groups excluding carboxylic acids is 1. The maximum atomic E-state index is 11.3. The fourth-order valence-corrected chi connectivity index (χ4v) is 2.66. The third-order valence-corrected chi connectivity index (χ3v) is 3.77. The average molecular weight is 313 g/mol. The molecule has 0 aromatic heterocycles. The summed E-state index contributed by atoms with van der Waals surface area (Å²) in [4.78, 5) is 15.3. The SMILES string of the molecule is CC(=O)N1CCN(c2ccc(Br)cc2CO)CC1. The quantitative estimate of drug-likeness (QED) is 0.902. The molecule has 0 aliphatic carbocycles. The van der Waals surface area contributed by atoms with E-state index in [0.29, 0.717) is 0 Å². The van der Waals surface area contributed by atoms with Gasteiger partial charge in [0.25, 0.3) is 0 Å². The number of nitrogens with zero attached hydrogens (tertiary/aromatic N) is 2. The van der Waals surface area contributed by atoms with Gasteiger partial charge in [-0.05, 0) is 18.2 Å². The first-order valence-electron chi connectivity index (χ1n) is 6.01. The summed E-state index contributed by atoms with van der Waals surface area (Å²) in [7, 11) is 0. The third kappa shape index (κ3) is 2.84. The summed E-state index contributed by atoms with van der Waals surface area (Å²) in [5.74, 6) is 0.132. The molecule has 0 saturated carbocycles. The van der Waals surface area contributed by atoms with Crippen molar-refractivity contribution in [3.63, 3.8) is 0 Å². The molecule has 0 atom stereocenters. The summed E-state index contributed by atoms with van der Waals surface area (Å²) in [6, 6.07) is 5.93. The molecule has 1 amide bonds. The molecule has 1 N–H and O–H groups in total. The lowest BCUT2D eigenvalue weighted by Crippen LogP contribution is -2.48. The van der Waals surface area contributed by atoms with Gasteiger partial charge in [-0.3, -0.25) is 4.79 Å². The van der Waals surface area contributed by atoms with Crippen LogP contribution < -0.4 is 4.90 Å². The number of anilines is 1. The van der Waals surface area contributed by atoms with Gasteiger partial charge in [0.15, 0.2) is 0 Å². The molecule has 1 aromatic rings. The van der Waals surface area contributed by atoms with E-state index in [9.17, 15) is 9.90 Å². The first-order chi connectivity index (χ1) is 8.61. The van der Waals surface area contributed by atoms with Crippen molar-refractivity contribution in [1.82, 2.24) is 4.90 Å². The van der Waals surface area contributed by atoms with Gasteiger partial charge in [-0.2, -0.15) is 0 Å². The molecule has 0 unspecified atom stereocenters. The van der Waals surface area contributed by atoms with E-state index in [1.54, 1.807) is 6.92 Å². The number of hydrogen-bond donors (Lipinski definition) is 1. The van der Waals surface area contributed by atoms with Crippen molar-refractivity contribution in [3.05, 3.63) is 28.2 Å². The Bertz CT molecular complexity index is 443. The number of piperazine rings is 1. The Morgan fingerprint density at radius 2 is 2.00 bits per heavy atom. The van der Waals surface area contributed by atoms with Crippen molar-refractivity contribution in [3.8, 4) is 0 Å². The van der Waals surface area contributed by atoms with Crippen LogP contribution in [0.5, 0.6) is 0 Å². The topological polar surface area (TPSA) is 43.8 Å². The molecule has 4 nitrogen and oxygen atoms in total. The van der Waals surface area contributed by atoms with Gasteiger partial charge < -0.3 is 14.9 Å². The van der Waals surface area contributed by atoms with Crippen molar-refractivity contribution in [2.75, 3.05) is 31.1 Å². The Kier molecular flexibility index (Phi) is 4.24. The summed E-state index contributed by atoms with van der Waals surface area (Å²) in [5.41, 5.74) is 1.98. The molecule has 0 bridgehead atoms. The summed E-state index contributed by atoms with van der Waals surface area (Å²) >= 11 is 3.41. The van der Waals surface area contributed by atoms with E-state index in [-0.39, 0.29) is 12.5 Å². The molecule has 0 spiro atoms. The number of rotatable bonds is 2. The Hall–Kier alpha value is -1.07. The van der Waals surface area contributed by atoms with Crippen LogP contribution in [0.15, 0.2) is 22.7 Å². The van der Waals surface area contributed by atoms with Gasteiger partial charge in [0.05, 0.1) is 6.61 Å². The van der Waals surface area contributed by atoms with Crippen LogP contribution in [0.1, 0.15) is 12.5 Å². The second kappa shape index (κ2) is 5.71. The Morgan fingerprint density at radius 1 is 1.33 bits per heavy atom. The number of aliphatic hydroxyl groups excluding tert-OH is 1. The molecule has 1 heterocycles. The highest BCUT2D eigenvalue weighted by Crippen LogP contribution is 2.25. The summed E-state index contributed by atoms with van der Waals surface area (Å²) in [6.45, 7) is 4.76. The minimum atomic E-state index is 0.0295. The minimum Gasteiger partial charge on any atom is -0.392 e. The zero-order valence-electron chi connectivity index (χ0n) is 10.4. The highest BCUT2D eigenvalue weighted by molar-refractivity contribution is 9.10. The summed E-state index contributed by atoms with van der Waals surface area (Å²) in [5, 5.41) is 9.40. The van der Waals surface area contributed by atoms with Crippen molar-refractivity contribution in [1.29, 1.82) is 0 Å². The molecular formula is C13H17BrN2O2. The summed E-state index contributed by atoms with van der Waals surface area (Å²) in [6.07, 6.45) is 0. The van der Waals surface area contributed by atoms with E-state index >= 15 is 0 Å². The highest BCUT2D eigenvalue weighted by Gasteiger charge is 2.20. The molecule has 98 valence electrons. The van der Waals surface area contributed by atoms with E-state index in [2.05, 4.69) is 20.8 Å². The third-order valence-electron chi connectivity index (χ3n) is 3.28. The fraction of sp³-hybridized carbons (Fsp3) is 0.462. The molecule has 2 rings (SSSR count). The standard InChI is InChI=1S/C13H17BrN2O2/c1-10(18)15-4-6-16(7-5-15)13-3-2-12(14)8-11(13)9-17/h2-3,8,17H,4-7,9H2,1H3. The molecule has 1 aliphatic heterocycles. The van der Waals surface area contributed by atoms with E-state index in [1.165, 1.54) is 0 Å². The van der Waals surface area contributed by atoms with E-state index in [0.717, 1.165) is 41.9 Å². The number of hydrogen-bond acceptors (Lipinski definition) is 3. The molecule has 1 fully saturated rings. The molecule has 18 heavy (non-hydrogen) atoms. The molecule has 1 saturated heterocycles. The fourth-order valence-electron chi connectivity index (χ4n) is 2.25. The van der Waals surface area contributed by atoms with Crippen LogP contribution in [0, 0.1) is 0 Å². The molecular weight excluding hydrogens is 296 g/mol. The van der Waals surface area contributed by atoms with Crippen molar-refractivity contribution >= 4 is 27.5 Å². The number of carbonyl (C=O) groups is 1. The van der Waals surface area contributed by atoms with Gasteiger partial charge in [-0.15, -0.1) is 0 Å². The maximum Gasteiger partial charge on any atom is 0.219 e. The van der Waals surface area contributed by atoms with Crippen molar-refractivity contribution in [2.24, 2.45) is 0 Å². The predicted octanol–water partition coefficient (Wildman–Crippen LogP) is 1.61. The average Bonchev–Trinajstić information content (AvgIpc) is 2.38. The van der Waals surface area contributed by atoms with Crippen molar-refractivity contribution in [2.45, 2.75) is 13.5 Å². The minimum absolute atomic E-state index is 0.0295. The van der Waals surface area contributed by atoms with Crippen LogP contribution in [0.4, 0.5) is 5.69 Å². The van der Waals surface area contributed by atoms with Crippen LogP contribution in [0.2, 0.25) is 0 Å². The molecule has 0 radical (unpaired) electrons. The van der Waals surface area contributed by atoms with E-state index in [1.807, 2.05) is 23.1 Å². The Labute approximate surface area is 115 Å². The number of halogens is 1. The lowest BCUT2D eigenvalue weighted by molar-refractivity contribution is -0.129. The first kappa shape index (κ1) is 13.4. The second-order valence-electron chi connectivity index (χ2n) is 4.42. The van der Waals surface area contributed by atoms with Crippen LogP contribution in [-0.2, 0) is 11.4 Å². The lowest BCUT2D eigenvalue weighted by atomic mass is 10.1. The van der Waals surface area contributed by atoms with Gasteiger partial charge in [-0.25, -0.2) is 0 Å². The monoisotopic (exact) mass is 312 g/mol. The zero-order chi connectivity index (χ0) is 13.1. The van der Waals surface area contributed by atoms with Gasteiger partial charge in [0.2, 0.25) is 5.91 Å². The number of benzene rings is 1. The summed E-state index contributed by atoms with van der Waals surface area (Å²) < 4.78 is 0.970. The molecule has 1 aliphatic rings. The normalized spacial score (nSPS) is 15.9. The van der Waals surface area contributed by atoms with Gasteiger partial charge in [0, 0.05) is 48.8 Å². The Balaban J connectivity index is 2.12. The predicted molar refractivity (Wildman–Crippen MR) is 74.5 cm³/mol. The highest BCUT2D eigenvalue weighted by atomic mass is 79.9. The van der Waals surface area contributed by atoms with Crippen LogP contribution in [-0.4, -0.2) is 42.1 Å². The number of aliphatic hydroxyl groups is 1. The largest absolute Gasteiger partial charge is 0.392 e. The van der Waals surface area contributed by atoms with Crippen LogP contribution >= 0.6 is 15.9 Å². The van der Waals surface area contributed by atoms with E-state index < -0.39 is 0 Å². The van der Waals surface area contributed by atoms with Gasteiger partial charge in [-0.1, -0.05) is 15.9 Å². The van der Waals surface area contributed by atoms with Crippen molar-refractivity contribution < 1.29 is 9.90 Å². The van der Waals surface area contributed by atoms with Crippen LogP contribution in [0.3, 0.4) is 0 Å². The van der Waals surface area contributed by atoms with Gasteiger partial charge >= 0.3 is 0 Å². The van der Waals surface area contributed by atoms with Gasteiger partial charge in [0.1, 0.15) is 0 Å². The second-order valence-corrected chi connectivity index (χ2v) is 5.34. The smallest absolute Gasteiger partial charge is 0.219 e. The maximum absolute atomic E-state index is 11.3. The molecule has 5 heteroatoms. The first-order valence-corrected chi connectivity index (χ1v) is 6.81. The van der Waals surface area contributed by atoms with Crippen LogP contribution in [0.25, 0.3) is 0 Å². The molecule has 1 aromatic carbocycles. The Morgan fingerprint density at radius 3 is 2.56 bits per heavy atom. The van der Waals surface area contributed by atoms with E-state index in [4.69, 9.17) is 0 Å². The zero-order valence-corrected chi connectivity index (χ0v) is 12.0. The number of amides is 1.